The summed E-state index contributed by atoms with van der Waals surface area (Å²) in [6, 6.07) is 0.790. The zero-order valence-corrected chi connectivity index (χ0v) is 24.8. The Labute approximate surface area is 269 Å². The zero-order valence-electron chi connectivity index (χ0n) is 24.8. The molecule has 0 aromatic heterocycles. The van der Waals surface area contributed by atoms with E-state index in [1.165, 1.54) is 0 Å². The van der Waals surface area contributed by atoms with Gasteiger partial charge in [0.05, 0.1) is 5.92 Å². The van der Waals surface area contributed by atoms with Crippen LogP contribution in [0.15, 0.2) is 67.0 Å². The molecule has 17 heteroatoms. The summed E-state index contributed by atoms with van der Waals surface area (Å²) in [6.07, 6.45) is -11.7. The maximum absolute atomic E-state index is 14.9. The molecule has 0 amide bonds. The Morgan fingerprint density at radius 3 is 1.67 bits per heavy atom. The lowest BCUT2D eigenvalue weighted by Gasteiger charge is -2.32. The number of ether oxygens (including phenoxy) is 4. The van der Waals surface area contributed by atoms with Gasteiger partial charge in [-0.15, -0.1) is 0 Å². The molecule has 0 N–H and O–H groups in total. The van der Waals surface area contributed by atoms with Crippen molar-refractivity contribution in [3.63, 3.8) is 0 Å². The van der Waals surface area contributed by atoms with Crippen molar-refractivity contribution in [2.24, 2.45) is 11.8 Å². The number of benzene rings is 3. The Hall–Kier alpha value is -4.57. The molecule has 1 saturated carbocycles. The zero-order chi connectivity index (χ0) is 36.3. The van der Waals surface area contributed by atoms with Crippen molar-refractivity contribution in [3.05, 3.63) is 107 Å². The van der Waals surface area contributed by atoms with Crippen LogP contribution in [0.2, 0.25) is 0 Å². The van der Waals surface area contributed by atoms with E-state index in [4.69, 9.17) is 0 Å². The summed E-state index contributed by atoms with van der Waals surface area (Å²) >= 11 is 0. The van der Waals surface area contributed by atoms with Crippen LogP contribution < -0.4 is 18.9 Å². The van der Waals surface area contributed by atoms with E-state index in [1.54, 1.807) is 13.0 Å². The molecule has 266 valence electrons. The van der Waals surface area contributed by atoms with Crippen molar-refractivity contribution < 1.29 is 76.0 Å². The van der Waals surface area contributed by atoms with E-state index < -0.39 is 93.5 Å². The van der Waals surface area contributed by atoms with Crippen molar-refractivity contribution in [2.45, 2.75) is 50.9 Å². The first kappa shape index (κ1) is 37.3. The van der Waals surface area contributed by atoms with Gasteiger partial charge in [-0.05, 0) is 50.7 Å². The van der Waals surface area contributed by atoms with Crippen molar-refractivity contribution >= 4 is 0 Å². The van der Waals surface area contributed by atoms with E-state index >= 15 is 0 Å². The predicted octanol–water partition coefficient (Wildman–Crippen LogP) is 11.1. The van der Waals surface area contributed by atoms with E-state index in [2.05, 4.69) is 18.9 Å². The highest BCUT2D eigenvalue weighted by molar-refractivity contribution is 5.38. The summed E-state index contributed by atoms with van der Waals surface area (Å²) in [7, 11) is 0. The van der Waals surface area contributed by atoms with Crippen LogP contribution in [-0.2, 0) is 12.2 Å². The Kier molecular flexibility index (Phi) is 11.0. The average molecular weight is 719 g/mol. The maximum atomic E-state index is 14.9. The third-order valence-electron chi connectivity index (χ3n) is 7.26. The lowest BCUT2D eigenvalue weighted by atomic mass is 9.81. The first-order valence-electron chi connectivity index (χ1n) is 14.1. The fraction of sp³-hybridized carbons (Fsp3) is 0.312. The largest absolute Gasteiger partial charge is 0.453 e. The highest BCUT2D eigenvalue weighted by atomic mass is 19.3. The molecule has 0 unspecified atom stereocenters. The van der Waals surface area contributed by atoms with Gasteiger partial charge < -0.3 is 18.9 Å². The summed E-state index contributed by atoms with van der Waals surface area (Å²) in [4.78, 5) is 0. The first-order chi connectivity index (χ1) is 22.8. The molecule has 1 aliphatic rings. The van der Waals surface area contributed by atoms with Crippen molar-refractivity contribution in [1.82, 2.24) is 0 Å². The SMILES string of the molecule is CC=CC1CCC(C(F)(F)Oc2ccc(C(F)(F)Oc3cc(F)c(C(F)(F)Oc4cc(F)c(OC=C(F)F)c(F)c4)c(F)c3)c(F)c2)CC1. The van der Waals surface area contributed by atoms with Crippen molar-refractivity contribution in [3.8, 4) is 23.0 Å². The molecule has 0 radical (unpaired) electrons. The summed E-state index contributed by atoms with van der Waals surface area (Å²) in [5.41, 5.74) is -3.84. The minimum absolute atomic E-state index is 0.00650. The highest BCUT2D eigenvalue weighted by Crippen LogP contribution is 2.43. The van der Waals surface area contributed by atoms with Crippen LogP contribution in [0.3, 0.4) is 0 Å². The summed E-state index contributed by atoms with van der Waals surface area (Å²) in [5, 5.41) is 0. The van der Waals surface area contributed by atoms with Crippen molar-refractivity contribution in [2.75, 3.05) is 0 Å². The molecule has 0 aliphatic heterocycles. The molecule has 0 saturated heterocycles. The van der Waals surface area contributed by atoms with Crippen molar-refractivity contribution in [1.29, 1.82) is 0 Å². The second kappa shape index (κ2) is 14.5. The van der Waals surface area contributed by atoms with Crippen LogP contribution in [0.1, 0.15) is 43.7 Å². The summed E-state index contributed by atoms with van der Waals surface area (Å²) < 4.78 is 202. The fourth-order valence-corrected chi connectivity index (χ4v) is 5.06. The normalized spacial score (nSPS) is 17.2. The quantitative estimate of drug-likeness (QED) is 0.106. The highest BCUT2D eigenvalue weighted by Gasteiger charge is 2.45. The number of hydrogen-bond acceptors (Lipinski definition) is 4. The van der Waals surface area contributed by atoms with E-state index in [9.17, 15) is 57.1 Å². The Morgan fingerprint density at radius 1 is 0.653 bits per heavy atom. The van der Waals surface area contributed by atoms with Gasteiger partial charge in [0.1, 0.15) is 45.8 Å². The van der Waals surface area contributed by atoms with E-state index in [0.29, 0.717) is 25.0 Å². The second-order valence-corrected chi connectivity index (χ2v) is 10.7. The van der Waals surface area contributed by atoms with E-state index in [-0.39, 0.29) is 55.4 Å². The van der Waals surface area contributed by atoms with E-state index in [0.717, 1.165) is 0 Å². The van der Waals surface area contributed by atoms with Crippen LogP contribution in [0.5, 0.6) is 23.0 Å². The predicted molar refractivity (Wildman–Crippen MR) is 145 cm³/mol. The second-order valence-electron chi connectivity index (χ2n) is 10.7. The van der Waals surface area contributed by atoms with Gasteiger partial charge in [0.2, 0.25) is 0 Å². The minimum Gasteiger partial charge on any atom is -0.453 e. The fourth-order valence-electron chi connectivity index (χ4n) is 5.06. The number of allylic oxidation sites excluding steroid dienone is 2. The third kappa shape index (κ3) is 8.92. The number of rotatable bonds is 12. The molecule has 3 aromatic carbocycles. The summed E-state index contributed by atoms with van der Waals surface area (Å²) in [6.45, 7) is 1.79. The van der Waals surface area contributed by atoms with Crippen LogP contribution >= 0.6 is 0 Å². The molecule has 3 aromatic rings. The smallest absolute Gasteiger partial charge is 0.432 e. The molecule has 1 aliphatic carbocycles. The average Bonchev–Trinajstić information content (AvgIpc) is 2.95. The number of halogens is 13. The Balaban J connectivity index is 1.48. The van der Waals surface area contributed by atoms with Gasteiger partial charge in [0.15, 0.2) is 23.6 Å². The lowest BCUT2D eigenvalue weighted by molar-refractivity contribution is -0.223. The molecular formula is C32H23F13O4. The monoisotopic (exact) mass is 718 g/mol. The molecule has 0 heterocycles. The Bertz CT molecular complexity index is 1670. The van der Waals surface area contributed by atoms with Gasteiger partial charge in [0.25, 0.3) is 0 Å². The van der Waals surface area contributed by atoms with Gasteiger partial charge in [-0.1, -0.05) is 12.2 Å². The van der Waals surface area contributed by atoms with Gasteiger partial charge in [0, 0.05) is 30.3 Å². The number of hydrogen-bond donors (Lipinski definition) is 0. The first-order valence-corrected chi connectivity index (χ1v) is 14.1. The van der Waals surface area contributed by atoms with Crippen LogP contribution in [-0.4, -0.2) is 6.11 Å². The van der Waals surface area contributed by atoms with Gasteiger partial charge in [-0.25, -0.2) is 22.0 Å². The molecule has 0 spiro atoms. The Morgan fingerprint density at radius 2 is 1.16 bits per heavy atom. The third-order valence-corrected chi connectivity index (χ3v) is 7.26. The van der Waals surface area contributed by atoms with Crippen LogP contribution in [0.4, 0.5) is 57.1 Å². The molecule has 0 atom stereocenters. The van der Waals surface area contributed by atoms with Gasteiger partial charge in [-0.2, -0.15) is 35.1 Å². The molecule has 4 nitrogen and oxygen atoms in total. The van der Waals surface area contributed by atoms with Crippen LogP contribution in [0.25, 0.3) is 0 Å². The van der Waals surface area contributed by atoms with Gasteiger partial charge in [-0.3, -0.25) is 0 Å². The molecular weight excluding hydrogens is 695 g/mol. The maximum Gasteiger partial charge on any atom is 0.432 e. The molecule has 0 bridgehead atoms. The number of alkyl halides is 6. The van der Waals surface area contributed by atoms with Crippen LogP contribution in [0, 0.1) is 40.9 Å². The minimum atomic E-state index is -5.07. The molecule has 4 rings (SSSR count). The molecule has 49 heavy (non-hydrogen) atoms. The topological polar surface area (TPSA) is 36.9 Å². The molecule has 1 fully saturated rings. The van der Waals surface area contributed by atoms with E-state index in [1.807, 2.05) is 6.08 Å². The van der Waals surface area contributed by atoms with Gasteiger partial charge >= 0.3 is 24.4 Å². The standard InChI is InChI=1S/C32H23F13O4/c1-2-3-16-4-6-17(7-5-16)30(40,41)47-18-8-9-21(22(33)10-18)31(42,43)48-19-11-23(34)28(24(35)12-19)32(44,45)49-20-13-25(36)29(26(37)14-20)46-15-27(38)39/h2-3,8-17H,4-7H2,1H3. The summed E-state index contributed by atoms with van der Waals surface area (Å²) in [5.74, 6) is -16.3. The lowest BCUT2D eigenvalue weighted by Crippen LogP contribution is -2.37.